The number of aliphatic carboxylic acids is 1. The van der Waals surface area contributed by atoms with Gasteiger partial charge in [0.05, 0.1) is 18.2 Å². The highest BCUT2D eigenvalue weighted by molar-refractivity contribution is 5.74. The number of carboxylic acid groups (broad SMARTS) is 1. The third-order valence-corrected chi connectivity index (χ3v) is 4.04. The van der Waals surface area contributed by atoms with Crippen LogP contribution in [0.5, 0.6) is 0 Å². The first-order chi connectivity index (χ1) is 10.1. The number of carbonyl (C=O) groups is 2. The van der Waals surface area contributed by atoms with E-state index in [2.05, 4.69) is 15.6 Å². The number of carbonyl (C=O) groups excluding carboxylic acids is 1. The van der Waals surface area contributed by atoms with Gasteiger partial charge in [-0.25, -0.2) is 4.79 Å². The molecule has 1 heterocycles. The Morgan fingerprint density at radius 1 is 1.38 bits per heavy atom. The van der Waals surface area contributed by atoms with Crippen molar-refractivity contribution in [3.05, 3.63) is 29.6 Å². The van der Waals surface area contributed by atoms with Crippen LogP contribution in [0.25, 0.3) is 0 Å². The number of pyridine rings is 1. The van der Waals surface area contributed by atoms with E-state index in [-0.39, 0.29) is 17.9 Å². The summed E-state index contributed by atoms with van der Waals surface area (Å²) in [6.07, 6.45) is 4.17. The van der Waals surface area contributed by atoms with Gasteiger partial charge >= 0.3 is 12.0 Å². The van der Waals surface area contributed by atoms with Crippen molar-refractivity contribution < 1.29 is 14.7 Å². The molecule has 0 spiro atoms. The number of nitrogens with zero attached hydrogens (tertiary/aromatic N) is 1. The summed E-state index contributed by atoms with van der Waals surface area (Å²) in [4.78, 5) is 27.0. The highest BCUT2D eigenvalue weighted by Crippen LogP contribution is 2.31. The lowest BCUT2D eigenvalue weighted by atomic mass is 9.96. The predicted octanol–water partition coefficient (Wildman–Crippen LogP) is 1.69. The van der Waals surface area contributed by atoms with Crippen LogP contribution in [0.4, 0.5) is 4.79 Å². The van der Waals surface area contributed by atoms with E-state index in [1.165, 1.54) is 0 Å². The molecule has 2 amide bonds. The fourth-order valence-electron chi connectivity index (χ4n) is 2.76. The van der Waals surface area contributed by atoms with Crippen molar-refractivity contribution in [1.82, 2.24) is 15.6 Å². The van der Waals surface area contributed by atoms with Gasteiger partial charge in [-0.3, -0.25) is 9.78 Å². The van der Waals surface area contributed by atoms with Crippen LogP contribution in [0.1, 0.15) is 30.5 Å². The van der Waals surface area contributed by atoms with Gasteiger partial charge in [0.1, 0.15) is 0 Å². The molecule has 2 rings (SSSR count). The molecule has 0 bridgehead atoms. The van der Waals surface area contributed by atoms with Crippen LogP contribution in [0.3, 0.4) is 0 Å². The highest BCUT2D eigenvalue weighted by atomic mass is 16.4. The Balaban J connectivity index is 1.75. The van der Waals surface area contributed by atoms with E-state index < -0.39 is 5.97 Å². The Morgan fingerprint density at radius 2 is 2.19 bits per heavy atom. The molecule has 1 aliphatic rings. The molecule has 1 aromatic heterocycles. The number of aryl methyl sites for hydroxylation is 1. The second-order valence-corrected chi connectivity index (χ2v) is 5.47. The van der Waals surface area contributed by atoms with Crippen molar-refractivity contribution in [3.63, 3.8) is 0 Å². The van der Waals surface area contributed by atoms with E-state index in [0.717, 1.165) is 24.1 Å². The molecule has 1 aliphatic carbocycles. The number of carboxylic acids is 1. The summed E-state index contributed by atoms with van der Waals surface area (Å²) in [6, 6.07) is 3.51. The van der Waals surface area contributed by atoms with E-state index in [0.29, 0.717) is 19.5 Å². The molecular weight excluding hydrogens is 270 g/mol. The smallest absolute Gasteiger partial charge is 0.315 e. The third-order valence-electron chi connectivity index (χ3n) is 4.04. The largest absolute Gasteiger partial charge is 0.481 e. The number of rotatable bonds is 5. The van der Waals surface area contributed by atoms with Crippen LogP contribution in [0.15, 0.2) is 18.3 Å². The average molecular weight is 291 g/mol. The van der Waals surface area contributed by atoms with Gasteiger partial charge in [-0.1, -0.05) is 12.5 Å². The maximum atomic E-state index is 11.8. The van der Waals surface area contributed by atoms with Gasteiger partial charge in [0.2, 0.25) is 0 Å². The van der Waals surface area contributed by atoms with E-state index in [9.17, 15) is 9.59 Å². The van der Waals surface area contributed by atoms with Crippen molar-refractivity contribution in [1.29, 1.82) is 0 Å². The fraction of sp³-hybridized carbons (Fsp3) is 0.533. The van der Waals surface area contributed by atoms with Gasteiger partial charge in [-0.2, -0.15) is 0 Å². The molecule has 6 nitrogen and oxygen atoms in total. The molecule has 2 atom stereocenters. The zero-order valence-electron chi connectivity index (χ0n) is 12.1. The summed E-state index contributed by atoms with van der Waals surface area (Å²) >= 11 is 0. The van der Waals surface area contributed by atoms with Crippen molar-refractivity contribution in [2.45, 2.75) is 32.7 Å². The van der Waals surface area contributed by atoms with Crippen molar-refractivity contribution in [2.24, 2.45) is 11.8 Å². The Morgan fingerprint density at radius 3 is 2.90 bits per heavy atom. The number of amides is 2. The zero-order valence-corrected chi connectivity index (χ0v) is 12.1. The first-order valence-corrected chi connectivity index (χ1v) is 7.23. The molecule has 1 saturated carbocycles. The molecular formula is C15H21N3O3. The molecule has 6 heteroatoms. The Labute approximate surface area is 124 Å². The SMILES string of the molecule is Cc1cccnc1CNC(=O)NCC1CCCC1C(=O)O. The van der Waals surface area contributed by atoms with E-state index in [4.69, 9.17) is 5.11 Å². The van der Waals surface area contributed by atoms with Crippen LogP contribution in [0, 0.1) is 18.8 Å². The quantitative estimate of drug-likeness (QED) is 0.770. The summed E-state index contributed by atoms with van der Waals surface area (Å²) in [5, 5.41) is 14.6. The topological polar surface area (TPSA) is 91.3 Å². The third kappa shape index (κ3) is 4.18. The highest BCUT2D eigenvalue weighted by Gasteiger charge is 2.32. The average Bonchev–Trinajstić information content (AvgIpc) is 2.93. The molecule has 21 heavy (non-hydrogen) atoms. The second-order valence-electron chi connectivity index (χ2n) is 5.47. The molecule has 0 aliphatic heterocycles. The number of hydrogen-bond donors (Lipinski definition) is 3. The molecule has 114 valence electrons. The second kappa shape index (κ2) is 7.06. The monoisotopic (exact) mass is 291 g/mol. The summed E-state index contributed by atoms with van der Waals surface area (Å²) in [5.74, 6) is -1.06. The number of urea groups is 1. The minimum atomic E-state index is -0.760. The normalized spacial score (nSPS) is 21.0. The molecule has 0 saturated heterocycles. The lowest BCUT2D eigenvalue weighted by Gasteiger charge is -2.16. The maximum Gasteiger partial charge on any atom is 0.315 e. The first-order valence-electron chi connectivity index (χ1n) is 7.23. The predicted molar refractivity (Wildman–Crippen MR) is 77.7 cm³/mol. The lowest BCUT2D eigenvalue weighted by molar-refractivity contribution is -0.142. The molecule has 2 unspecified atom stereocenters. The van der Waals surface area contributed by atoms with Crippen LogP contribution in [0.2, 0.25) is 0 Å². The minimum Gasteiger partial charge on any atom is -0.481 e. The number of aromatic nitrogens is 1. The maximum absolute atomic E-state index is 11.8. The lowest BCUT2D eigenvalue weighted by Crippen LogP contribution is -2.39. The molecule has 0 aromatic carbocycles. The van der Waals surface area contributed by atoms with Crippen LogP contribution in [-0.4, -0.2) is 28.6 Å². The van der Waals surface area contributed by atoms with E-state index >= 15 is 0 Å². The Kier molecular flexibility index (Phi) is 5.14. The van der Waals surface area contributed by atoms with Crippen molar-refractivity contribution in [3.8, 4) is 0 Å². The van der Waals surface area contributed by atoms with E-state index in [1.54, 1.807) is 6.20 Å². The van der Waals surface area contributed by atoms with E-state index in [1.807, 2.05) is 19.1 Å². The molecule has 3 N–H and O–H groups in total. The number of nitrogens with one attached hydrogen (secondary N) is 2. The zero-order chi connectivity index (χ0) is 15.2. The van der Waals surface area contributed by atoms with Crippen molar-refractivity contribution in [2.75, 3.05) is 6.54 Å². The molecule has 1 aromatic rings. The number of hydrogen-bond acceptors (Lipinski definition) is 3. The standard InChI is InChI=1S/C15H21N3O3/c1-10-4-3-7-16-13(10)9-18-15(21)17-8-11-5-2-6-12(11)14(19)20/h3-4,7,11-12H,2,5-6,8-9H2,1H3,(H,19,20)(H2,17,18,21). The Bertz CT molecular complexity index is 519. The van der Waals surface area contributed by atoms with Crippen LogP contribution < -0.4 is 10.6 Å². The molecule has 0 radical (unpaired) electrons. The summed E-state index contributed by atoms with van der Waals surface area (Å²) in [6.45, 7) is 2.72. The molecule has 1 fully saturated rings. The minimum absolute atomic E-state index is 0.0323. The van der Waals surface area contributed by atoms with Gasteiger partial charge in [-0.05, 0) is 37.3 Å². The summed E-state index contributed by atoms with van der Waals surface area (Å²) in [5.41, 5.74) is 1.86. The Hall–Kier alpha value is -2.11. The van der Waals surface area contributed by atoms with Crippen LogP contribution in [-0.2, 0) is 11.3 Å². The summed E-state index contributed by atoms with van der Waals surface area (Å²) < 4.78 is 0. The van der Waals surface area contributed by atoms with Crippen molar-refractivity contribution >= 4 is 12.0 Å². The fourth-order valence-corrected chi connectivity index (χ4v) is 2.76. The van der Waals surface area contributed by atoms with Gasteiger partial charge < -0.3 is 15.7 Å². The van der Waals surface area contributed by atoms with Crippen LogP contribution >= 0.6 is 0 Å². The first kappa shape index (κ1) is 15.3. The van der Waals surface area contributed by atoms with Gasteiger partial charge in [0.15, 0.2) is 0 Å². The van der Waals surface area contributed by atoms with Gasteiger partial charge in [0, 0.05) is 12.7 Å². The van der Waals surface area contributed by atoms with Gasteiger partial charge in [0.25, 0.3) is 0 Å². The van der Waals surface area contributed by atoms with Gasteiger partial charge in [-0.15, -0.1) is 0 Å². The summed E-state index contributed by atoms with van der Waals surface area (Å²) in [7, 11) is 0.